The summed E-state index contributed by atoms with van der Waals surface area (Å²) in [6, 6.07) is 4.53. The number of ether oxygens (including phenoxy) is 2. The molecule has 0 spiro atoms. The Kier molecular flexibility index (Phi) is 2.84. The van der Waals surface area contributed by atoms with Gasteiger partial charge in [0.15, 0.2) is 5.79 Å². The Balaban J connectivity index is 2.43. The fourth-order valence-corrected chi connectivity index (χ4v) is 1.80. The number of nitrogens with zero attached hydrogens (tertiary/aromatic N) is 1. The third-order valence-corrected chi connectivity index (χ3v) is 2.83. The van der Waals surface area contributed by atoms with Crippen LogP contribution in [0.5, 0.6) is 0 Å². The molecule has 1 aromatic rings. The second kappa shape index (κ2) is 4.01. The molecule has 0 amide bonds. The van der Waals surface area contributed by atoms with E-state index in [0.717, 1.165) is 0 Å². The van der Waals surface area contributed by atoms with Gasteiger partial charge < -0.3 is 9.47 Å². The van der Waals surface area contributed by atoms with Crippen LogP contribution in [0.4, 0.5) is 5.69 Å². The number of nitro groups is 1. The highest BCUT2D eigenvalue weighted by Crippen LogP contribution is 2.35. The zero-order chi connectivity index (χ0) is 11.8. The Morgan fingerprint density at radius 2 is 2.06 bits per heavy atom. The first-order chi connectivity index (χ1) is 7.53. The van der Waals surface area contributed by atoms with Crippen molar-refractivity contribution in [2.24, 2.45) is 0 Å². The molecule has 0 radical (unpaired) electrons. The minimum atomic E-state index is -0.907. The largest absolute Gasteiger partial charge is 0.344 e. The quantitative estimate of drug-likeness (QED) is 0.591. The first-order valence-corrected chi connectivity index (χ1v) is 5.13. The molecule has 1 aliphatic rings. The van der Waals surface area contributed by atoms with E-state index in [0.29, 0.717) is 18.8 Å². The molecule has 0 aliphatic carbocycles. The topological polar surface area (TPSA) is 61.6 Å². The molecule has 0 aromatic heterocycles. The standard InChI is InChI=1S/C10H10ClNO4/c1-10(15-4-5-16-10)7-2-3-8(11)9(6-7)12(13)14/h2-3,6H,4-5H2,1H3. The van der Waals surface area contributed by atoms with Crippen molar-refractivity contribution in [1.29, 1.82) is 0 Å². The molecule has 1 aliphatic heterocycles. The first-order valence-electron chi connectivity index (χ1n) is 4.75. The van der Waals surface area contributed by atoms with Gasteiger partial charge in [0.05, 0.1) is 18.1 Å². The molecule has 1 aromatic carbocycles. The summed E-state index contributed by atoms with van der Waals surface area (Å²) >= 11 is 5.72. The van der Waals surface area contributed by atoms with E-state index in [9.17, 15) is 10.1 Å². The van der Waals surface area contributed by atoms with Crippen LogP contribution in [0.3, 0.4) is 0 Å². The van der Waals surface area contributed by atoms with E-state index < -0.39 is 10.7 Å². The van der Waals surface area contributed by atoms with Crippen molar-refractivity contribution in [2.45, 2.75) is 12.7 Å². The van der Waals surface area contributed by atoms with E-state index in [-0.39, 0.29) is 10.7 Å². The molecule has 1 heterocycles. The van der Waals surface area contributed by atoms with Crippen LogP contribution in [0.1, 0.15) is 12.5 Å². The lowest BCUT2D eigenvalue weighted by molar-refractivity contribution is -0.384. The molecule has 1 fully saturated rings. The highest BCUT2D eigenvalue weighted by Gasteiger charge is 2.34. The SMILES string of the molecule is CC1(c2ccc(Cl)c([N+](=O)[O-])c2)OCCO1. The Morgan fingerprint density at radius 1 is 1.44 bits per heavy atom. The lowest BCUT2D eigenvalue weighted by atomic mass is 10.1. The molecule has 5 nitrogen and oxygen atoms in total. The van der Waals surface area contributed by atoms with E-state index >= 15 is 0 Å². The third-order valence-electron chi connectivity index (χ3n) is 2.51. The molecule has 6 heteroatoms. The summed E-state index contributed by atoms with van der Waals surface area (Å²) in [6.45, 7) is 2.69. The average molecular weight is 244 g/mol. The molecular weight excluding hydrogens is 234 g/mol. The molecule has 16 heavy (non-hydrogen) atoms. The number of hydrogen-bond acceptors (Lipinski definition) is 4. The summed E-state index contributed by atoms with van der Waals surface area (Å²) in [4.78, 5) is 10.2. The molecule has 1 saturated heterocycles. The second-order valence-electron chi connectivity index (χ2n) is 3.57. The van der Waals surface area contributed by atoms with Gasteiger partial charge in [0.25, 0.3) is 5.69 Å². The van der Waals surface area contributed by atoms with E-state index in [1.54, 1.807) is 13.0 Å². The van der Waals surface area contributed by atoms with Crippen LogP contribution in [0.15, 0.2) is 18.2 Å². The minimum absolute atomic E-state index is 0.107. The lowest BCUT2D eigenvalue weighted by Gasteiger charge is -2.22. The molecule has 86 valence electrons. The predicted molar refractivity (Wildman–Crippen MR) is 57.4 cm³/mol. The lowest BCUT2D eigenvalue weighted by Crippen LogP contribution is -2.22. The fraction of sp³-hybridized carbons (Fsp3) is 0.400. The van der Waals surface area contributed by atoms with Crippen LogP contribution >= 0.6 is 11.6 Å². The Labute approximate surface area is 97.1 Å². The monoisotopic (exact) mass is 243 g/mol. The average Bonchev–Trinajstić information content (AvgIpc) is 2.66. The summed E-state index contributed by atoms with van der Waals surface area (Å²) in [7, 11) is 0. The maximum absolute atomic E-state index is 10.7. The Hall–Kier alpha value is -1.17. The van der Waals surface area contributed by atoms with Gasteiger partial charge in [0.2, 0.25) is 0 Å². The van der Waals surface area contributed by atoms with Gasteiger partial charge in [-0.15, -0.1) is 0 Å². The van der Waals surface area contributed by atoms with E-state index in [1.165, 1.54) is 12.1 Å². The van der Waals surface area contributed by atoms with E-state index in [1.807, 2.05) is 0 Å². The van der Waals surface area contributed by atoms with Gasteiger partial charge in [0, 0.05) is 11.6 Å². The highest BCUT2D eigenvalue weighted by molar-refractivity contribution is 6.32. The van der Waals surface area contributed by atoms with Crippen LogP contribution in [-0.4, -0.2) is 18.1 Å². The number of benzene rings is 1. The molecule has 0 atom stereocenters. The van der Waals surface area contributed by atoms with Crippen molar-refractivity contribution in [1.82, 2.24) is 0 Å². The van der Waals surface area contributed by atoms with Crippen molar-refractivity contribution in [3.8, 4) is 0 Å². The van der Waals surface area contributed by atoms with Crippen LogP contribution in [-0.2, 0) is 15.3 Å². The Morgan fingerprint density at radius 3 is 2.62 bits per heavy atom. The van der Waals surface area contributed by atoms with E-state index in [4.69, 9.17) is 21.1 Å². The number of nitro benzene ring substituents is 1. The smallest absolute Gasteiger partial charge is 0.288 e. The van der Waals surface area contributed by atoms with E-state index in [2.05, 4.69) is 0 Å². The van der Waals surface area contributed by atoms with Crippen molar-refractivity contribution >= 4 is 17.3 Å². The zero-order valence-electron chi connectivity index (χ0n) is 8.60. The van der Waals surface area contributed by atoms with Gasteiger partial charge >= 0.3 is 0 Å². The predicted octanol–water partition coefficient (Wildman–Crippen LogP) is 2.47. The van der Waals surface area contributed by atoms with Gasteiger partial charge in [-0.3, -0.25) is 10.1 Å². The Bertz CT molecular complexity index is 429. The molecule has 0 bridgehead atoms. The second-order valence-corrected chi connectivity index (χ2v) is 3.97. The van der Waals surface area contributed by atoms with Crippen molar-refractivity contribution in [3.05, 3.63) is 38.9 Å². The van der Waals surface area contributed by atoms with Gasteiger partial charge in [-0.2, -0.15) is 0 Å². The van der Waals surface area contributed by atoms with Gasteiger partial charge in [-0.25, -0.2) is 0 Å². The molecule has 0 unspecified atom stereocenters. The maximum atomic E-state index is 10.7. The summed E-state index contributed by atoms with van der Waals surface area (Å²) in [5.41, 5.74) is 0.459. The van der Waals surface area contributed by atoms with Crippen LogP contribution in [0.2, 0.25) is 5.02 Å². The van der Waals surface area contributed by atoms with Gasteiger partial charge in [-0.05, 0) is 13.0 Å². The van der Waals surface area contributed by atoms with Crippen LogP contribution in [0, 0.1) is 10.1 Å². The number of rotatable bonds is 2. The van der Waals surface area contributed by atoms with Crippen molar-refractivity contribution in [3.63, 3.8) is 0 Å². The highest BCUT2D eigenvalue weighted by atomic mass is 35.5. The van der Waals surface area contributed by atoms with Crippen molar-refractivity contribution in [2.75, 3.05) is 13.2 Å². The number of hydrogen-bond donors (Lipinski definition) is 0. The zero-order valence-corrected chi connectivity index (χ0v) is 9.36. The van der Waals surface area contributed by atoms with Gasteiger partial charge in [-0.1, -0.05) is 17.7 Å². The molecule has 0 saturated carbocycles. The normalized spacial score (nSPS) is 18.6. The van der Waals surface area contributed by atoms with Gasteiger partial charge in [0.1, 0.15) is 5.02 Å². The summed E-state index contributed by atoms with van der Waals surface area (Å²) in [6.07, 6.45) is 0. The third kappa shape index (κ3) is 1.89. The molecule has 2 rings (SSSR count). The van der Waals surface area contributed by atoms with Crippen molar-refractivity contribution < 1.29 is 14.4 Å². The number of halogens is 1. The summed E-state index contributed by atoms with van der Waals surface area (Å²) in [5.74, 6) is -0.907. The summed E-state index contributed by atoms with van der Waals surface area (Å²) < 4.78 is 10.8. The molecule has 0 N–H and O–H groups in total. The maximum Gasteiger partial charge on any atom is 0.288 e. The van der Waals surface area contributed by atoms with Crippen LogP contribution in [0.25, 0.3) is 0 Å². The summed E-state index contributed by atoms with van der Waals surface area (Å²) in [5, 5.41) is 10.8. The minimum Gasteiger partial charge on any atom is -0.344 e. The van der Waals surface area contributed by atoms with Crippen LogP contribution < -0.4 is 0 Å². The first kappa shape index (κ1) is 11.3. The molecular formula is C10H10ClNO4. The fourth-order valence-electron chi connectivity index (χ4n) is 1.62.